The predicted octanol–water partition coefficient (Wildman–Crippen LogP) is 2.00. The van der Waals surface area contributed by atoms with Crippen LogP contribution in [0.2, 0.25) is 0 Å². The molecule has 0 radical (unpaired) electrons. The third-order valence-corrected chi connectivity index (χ3v) is 5.70. The van der Waals surface area contributed by atoms with Crippen LogP contribution in [0.1, 0.15) is 36.4 Å². The summed E-state index contributed by atoms with van der Waals surface area (Å²) in [5.74, 6) is 1.81. The van der Waals surface area contributed by atoms with Crippen molar-refractivity contribution in [1.29, 1.82) is 0 Å². The molecule has 7 heteroatoms. The topological polar surface area (TPSA) is 72.5 Å². The highest BCUT2D eigenvalue weighted by molar-refractivity contribution is 7.89. The van der Waals surface area contributed by atoms with Crippen molar-refractivity contribution < 1.29 is 17.9 Å². The maximum absolute atomic E-state index is 12.4. The lowest BCUT2D eigenvalue weighted by molar-refractivity contribution is 0.0602. The Morgan fingerprint density at radius 2 is 2.10 bits per heavy atom. The first-order valence-corrected chi connectivity index (χ1v) is 8.39. The zero-order valence-corrected chi connectivity index (χ0v) is 13.2. The number of nitrogens with one attached hydrogen (secondary N) is 1. The van der Waals surface area contributed by atoms with E-state index in [1.807, 2.05) is 0 Å². The minimum Gasteiger partial charge on any atom is -0.465 e. The minimum atomic E-state index is -3.88. The van der Waals surface area contributed by atoms with Gasteiger partial charge in [-0.05, 0) is 24.3 Å². The Morgan fingerprint density at radius 1 is 1.50 bits per heavy atom. The molecule has 0 spiro atoms. The van der Waals surface area contributed by atoms with Gasteiger partial charge in [0, 0.05) is 0 Å². The molecule has 0 aromatic carbocycles. The molecular formula is C13H17NO4S2. The van der Waals surface area contributed by atoms with Crippen LogP contribution in [0.15, 0.2) is 16.3 Å². The van der Waals surface area contributed by atoms with Crippen LogP contribution in [0.4, 0.5) is 0 Å². The lowest BCUT2D eigenvalue weighted by atomic mass is 9.96. The van der Waals surface area contributed by atoms with Crippen molar-refractivity contribution >= 4 is 27.3 Å². The first-order valence-electron chi connectivity index (χ1n) is 6.03. The zero-order chi connectivity index (χ0) is 15.4. The SMILES string of the molecule is C#CC(CC)(CC)NS(=O)(=O)c1ccsc1C(=O)OC. The molecule has 0 fully saturated rings. The van der Waals surface area contributed by atoms with Gasteiger partial charge >= 0.3 is 5.97 Å². The van der Waals surface area contributed by atoms with E-state index in [1.165, 1.54) is 18.6 Å². The van der Waals surface area contributed by atoms with Gasteiger partial charge in [-0.1, -0.05) is 19.8 Å². The van der Waals surface area contributed by atoms with Crippen LogP contribution in [0.5, 0.6) is 0 Å². The Balaban J connectivity index is 3.23. The van der Waals surface area contributed by atoms with Crippen LogP contribution in [0, 0.1) is 12.3 Å². The summed E-state index contributed by atoms with van der Waals surface area (Å²) in [7, 11) is -2.68. The second-order valence-electron chi connectivity index (χ2n) is 4.14. The number of carbonyl (C=O) groups excluding carboxylic acids is 1. The molecule has 0 aliphatic heterocycles. The molecular weight excluding hydrogens is 298 g/mol. The quantitative estimate of drug-likeness (QED) is 0.644. The van der Waals surface area contributed by atoms with Crippen LogP contribution in [0.3, 0.4) is 0 Å². The molecule has 0 amide bonds. The molecule has 0 saturated carbocycles. The maximum atomic E-state index is 12.4. The first kappa shape index (κ1) is 16.7. The lowest BCUT2D eigenvalue weighted by Crippen LogP contribution is -2.46. The maximum Gasteiger partial charge on any atom is 0.349 e. The molecule has 0 saturated heterocycles. The van der Waals surface area contributed by atoms with Crippen LogP contribution in [0.25, 0.3) is 0 Å². The molecule has 1 aromatic heterocycles. The van der Waals surface area contributed by atoms with Gasteiger partial charge in [-0.3, -0.25) is 0 Å². The highest BCUT2D eigenvalue weighted by Crippen LogP contribution is 2.25. The predicted molar refractivity (Wildman–Crippen MR) is 78.1 cm³/mol. The molecule has 5 nitrogen and oxygen atoms in total. The van der Waals surface area contributed by atoms with Gasteiger partial charge in [0.25, 0.3) is 0 Å². The molecule has 1 aromatic rings. The average Bonchev–Trinajstić information content (AvgIpc) is 2.94. The number of rotatable bonds is 6. The van der Waals surface area contributed by atoms with E-state index in [0.29, 0.717) is 12.8 Å². The number of ether oxygens (including phenoxy) is 1. The van der Waals surface area contributed by atoms with E-state index in [0.717, 1.165) is 11.3 Å². The molecule has 0 unspecified atom stereocenters. The molecule has 0 bridgehead atoms. The highest BCUT2D eigenvalue weighted by atomic mass is 32.2. The summed E-state index contributed by atoms with van der Waals surface area (Å²) in [6.45, 7) is 3.61. The molecule has 1 N–H and O–H groups in total. The van der Waals surface area contributed by atoms with Crippen LogP contribution in [-0.2, 0) is 14.8 Å². The van der Waals surface area contributed by atoms with Gasteiger partial charge < -0.3 is 4.74 Å². The number of thiophene rings is 1. The smallest absolute Gasteiger partial charge is 0.349 e. The molecule has 1 rings (SSSR count). The van der Waals surface area contributed by atoms with E-state index in [2.05, 4.69) is 15.4 Å². The number of sulfonamides is 1. The summed E-state index contributed by atoms with van der Waals surface area (Å²) in [6, 6.07) is 1.37. The van der Waals surface area contributed by atoms with Gasteiger partial charge in [0.2, 0.25) is 10.0 Å². The average molecular weight is 315 g/mol. The third-order valence-electron chi connectivity index (χ3n) is 3.10. The Hall–Kier alpha value is -1.36. The van der Waals surface area contributed by atoms with Crippen LogP contribution < -0.4 is 4.72 Å². The second-order valence-corrected chi connectivity index (χ2v) is 6.71. The Morgan fingerprint density at radius 3 is 2.55 bits per heavy atom. The van der Waals surface area contributed by atoms with Crippen molar-refractivity contribution in [1.82, 2.24) is 4.72 Å². The number of hydrogen-bond donors (Lipinski definition) is 1. The van der Waals surface area contributed by atoms with Crippen LogP contribution >= 0.6 is 11.3 Å². The van der Waals surface area contributed by atoms with Crippen molar-refractivity contribution in [2.45, 2.75) is 37.1 Å². The standard InChI is InChI=1S/C13H17NO4S2/c1-5-13(6-2,7-3)14-20(16,17)10-8-9-19-11(10)12(15)18-4/h1,8-9,14H,6-7H2,2-4H3. The number of hydrogen-bond acceptors (Lipinski definition) is 5. The fraction of sp³-hybridized carbons (Fsp3) is 0.462. The van der Waals surface area contributed by atoms with Gasteiger partial charge in [-0.2, -0.15) is 4.72 Å². The van der Waals surface area contributed by atoms with Crippen molar-refractivity contribution in [3.63, 3.8) is 0 Å². The van der Waals surface area contributed by atoms with E-state index in [-0.39, 0.29) is 9.77 Å². The largest absolute Gasteiger partial charge is 0.465 e. The highest BCUT2D eigenvalue weighted by Gasteiger charge is 2.33. The first-order chi connectivity index (χ1) is 9.35. The lowest BCUT2D eigenvalue weighted by Gasteiger charge is -2.26. The van der Waals surface area contributed by atoms with Crippen molar-refractivity contribution in [2.24, 2.45) is 0 Å². The summed E-state index contributed by atoms with van der Waals surface area (Å²) in [6.07, 6.45) is 6.36. The van der Waals surface area contributed by atoms with Crippen molar-refractivity contribution in [3.05, 3.63) is 16.3 Å². The van der Waals surface area contributed by atoms with Crippen molar-refractivity contribution in [3.8, 4) is 12.3 Å². The fourth-order valence-electron chi connectivity index (χ4n) is 1.69. The number of carbonyl (C=O) groups is 1. The summed E-state index contributed by atoms with van der Waals surface area (Å²) in [5.41, 5.74) is -0.950. The molecule has 0 aliphatic rings. The van der Waals surface area contributed by atoms with Gasteiger partial charge in [0.15, 0.2) is 0 Å². The van der Waals surface area contributed by atoms with E-state index in [1.54, 1.807) is 13.8 Å². The summed E-state index contributed by atoms with van der Waals surface area (Å²) < 4.78 is 31.9. The van der Waals surface area contributed by atoms with Crippen molar-refractivity contribution in [2.75, 3.05) is 7.11 Å². The Labute approximate surface area is 123 Å². The van der Waals surface area contributed by atoms with E-state index in [9.17, 15) is 13.2 Å². The minimum absolute atomic E-state index is 0.0399. The summed E-state index contributed by atoms with van der Waals surface area (Å²) in [4.78, 5) is 11.5. The number of terminal acetylenes is 1. The second kappa shape index (κ2) is 6.39. The van der Waals surface area contributed by atoms with Gasteiger partial charge in [0.05, 0.1) is 12.6 Å². The normalized spacial score (nSPS) is 11.9. The van der Waals surface area contributed by atoms with Gasteiger partial charge in [-0.25, -0.2) is 13.2 Å². The fourth-order valence-corrected chi connectivity index (χ4v) is 4.50. The molecule has 0 aliphatic carbocycles. The molecule has 110 valence electrons. The number of esters is 1. The zero-order valence-electron chi connectivity index (χ0n) is 11.6. The third kappa shape index (κ3) is 3.20. The summed E-state index contributed by atoms with van der Waals surface area (Å²) >= 11 is 1.01. The van der Waals surface area contributed by atoms with Gasteiger partial charge in [-0.15, -0.1) is 17.8 Å². The van der Waals surface area contributed by atoms with E-state index < -0.39 is 21.5 Å². The van der Waals surface area contributed by atoms with Gasteiger partial charge in [0.1, 0.15) is 9.77 Å². The molecule has 1 heterocycles. The number of methoxy groups -OCH3 is 1. The van der Waals surface area contributed by atoms with Crippen LogP contribution in [-0.4, -0.2) is 27.0 Å². The monoisotopic (exact) mass is 315 g/mol. The summed E-state index contributed by atoms with van der Waals surface area (Å²) in [5, 5.41) is 1.52. The van der Waals surface area contributed by atoms with E-state index >= 15 is 0 Å². The van der Waals surface area contributed by atoms with E-state index in [4.69, 9.17) is 6.42 Å². The molecule has 20 heavy (non-hydrogen) atoms. The Kier molecular flexibility index (Phi) is 5.34. The Bertz CT molecular complexity index is 621. The molecule has 0 atom stereocenters.